The van der Waals surface area contributed by atoms with Crippen LogP contribution in [0.1, 0.15) is 41.6 Å². The molecule has 1 fully saturated rings. The van der Waals surface area contributed by atoms with Gasteiger partial charge in [0.15, 0.2) is 0 Å². The molecule has 0 aromatic heterocycles. The zero-order valence-corrected chi connectivity index (χ0v) is 17.7. The van der Waals surface area contributed by atoms with E-state index in [-0.39, 0.29) is 11.8 Å². The molecule has 0 bridgehead atoms. The second-order valence-corrected chi connectivity index (χ2v) is 8.71. The van der Waals surface area contributed by atoms with Gasteiger partial charge in [0, 0.05) is 29.4 Å². The summed E-state index contributed by atoms with van der Waals surface area (Å²) in [5.74, 6) is 0.336. The van der Waals surface area contributed by atoms with Crippen molar-refractivity contribution in [3.8, 4) is 0 Å². The van der Waals surface area contributed by atoms with Gasteiger partial charge in [-0.3, -0.25) is 9.59 Å². The molecule has 7 heteroatoms. The molecule has 2 heterocycles. The first-order chi connectivity index (χ1) is 14.0. The van der Waals surface area contributed by atoms with E-state index in [2.05, 4.69) is 10.6 Å². The number of carbonyl (C=O) groups is 2. The number of hydrogen-bond donors (Lipinski definition) is 2. The third-order valence-corrected chi connectivity index (χ3v) is 6.49. The summed E-state index contributed by atoms with van der Waals surface area (Å²) in [6.45, 7) is 3.47. The van der Waals surface area contributed by atoms with Gasteiger partial charge in [-0.15, -0.1) is 0 Å². The molecule has 1 aromatic carbocycles. The lowest BCUT2D eigenvalue weighted by Gasteiger charge is -2.25. The zero-order chi connectivity index (χ0) is 20.4. The Hall–Kier alpha value is -2.02. The Morgan fingerprint density at radius 2 is 2.10 bits per heavy atom. The number of piperidine rings is 1. The van der Waals surface area contributed by atoms with Crippen LogP contribution in [0.4, 0.5) is 5.69 Å². The molecule has 0 radical (unpaired) electrons. The molecule has 5 nitrogen and oxygen atoms in total. The lowest BCUT2D eigenvalue weighted by Crippen LogP contribution is -2.31. The van der Waals surface area contributed by atoms with Gasteiger partial charge in [0.25, 0.3) is 11.8 Å². The van der Waals surface area contributed by atoms with E-state index in [9.17, 15) is 9.59 Å². The van der Waals surface area contributed by atoms with E-state index >= 15 is 0 Å². The lowest BCUT2D eigenvalue weighted by atomic mass is 9.94. The molecule has 0 atom stereocenters. The van der Waals surface area contributed by atoms with Gasteiger partial charge >= 0.3 is 0 Å². The fourth-order valence-electron chi connectivity index (χ4n) is 4.17. The van der Waals surface area contributed by atoms with Crippen molar-refractivity contribution in [1.29, 1.82) is 0 Å². The number of anilines is 1. The summed E-state index contributed by atoms with van der Waals surface area (Å²) in [6, 6.07) is 5.60. The van der Waals surface area contributed by atoms with Gasteiger partial charge in [0.2, 0.25) is 0 Å². The Balaban J connectivity index is 1.46. The average Bonchev–Trinajstić information content (AvgIpc) is 3.05. The minimum absolute atomic E-state index is 0.0111. The Morgan fingerprint density at radius 1 is 1.31 bits per heavy atom. The van der Waals surface area contributed by atoms with Crippen molar-refractivity contribution in [1.82, 2.24) is 10.2 Å². The summed E-state index contributed by atoms with van der Waals surface area (Å²) in [4.78, 5) is 28.3. The molecule has 1 aromatic rings. The maximum atomic E-state index is 13.1. The van der Waals surface area contributed by atoms with Crippen molar-refractivity contribution < 1.29 is 9.59 Å². The van der Waals surface area contributed by atoms with Crippen molar-refractivity contribution in [2.24, 2.45) is 5.92 Å². The number of nitrogens with zero attached hydrogens (tertiary/aromatic N) is 1. The lowest BCUT2D eigenvalue weighted by molar-refractivity contribution is -0.112. The Bertz CT molecular complexity index is 919. The molecule has 1 saturated heterocycles. The van der Waals surface area contributed by atoms with Crippen LogP contribution in [0, 0.1) is 5.92 Å². The first kappa shape index (κ1) is 20.3. The highest BCUT2D eigenvalue weighted by Gasteiger charge is 2.31. The second-order valence-electron chi connectivity index (χ2n) is 7.78. The molecule has 152 valence electrons. The molecular formula is C22H24ClN3O2S. The Labute approximate surface area is 181 Å². The monoisotopic (exact) mass is 429 g/mol. The van der Waals surface area contributed by atoms with Crippen LogP contribution in [0.5, 0.6) is 0 Å². The van der Waals surface area contributed by atoms with Crippen molar-refractivity contribution in [3.63, 3.8) is 0 Å². The van der Waals surface area contributed by atoms with Gasteiger partial charge in [-0.1, -0.05) is 42.0 Å². The number of rotatable bonds is 5. The van der Waals surface area contributed by atoms with Crippen molar-refractivity contribution >= 4 is 46.2 Å². The van der Waals surface area contributed by atoms with Gasteiger partial charge in [-0.25, -0.2) is 0 Å². The van der Waals surface area contributed by atoms with Crippen LogP contribution in [0.15, 0.2) is 41.0 Å². The van der Waals surface area contributed by atoms with E-state index < -0.39 is 0 Å². The van der Waals surface area contributed by atoms with E-state index in [1.807, 2.05) is 17.0 Å². The number of benzene rings is 1. The number of thiocarbonyl (C=S) groups is 1. The molecule has 2 amide bonds. The Kier molecular flexibility index (Phi) is 6.13. The van der Waals surface area contributed by atoms with Gasteiger partial charge in [-0.2, -0.15) is 0 Å². The predicted octanol–water partition coefficient (Wildman–Crippen LogP) is 3.79. The number of hydrogen-bond acceptors (Lipinski definition) is 4. The van der Waals surface area contributed by atoms with Crippen molar-refractivity contribution in [2.45, 2.75) is 32.2 Å². The van der Waals surface area contributed by atoms with Crippen LogP contribution in [0.3, 0.4) is 0 Å². The number of fused-ring (bicyclic) bond motifs is 1. The molecule has 29 heavy (non-hydrogen) atoms. The van der Waals surface area contributed by atoms with Crippen molar-refractivity contribution in [2.75, 3.05) is 25.0 Å². The number of halogens is 1. The average molecular weight is 430 g/mol. The fraction of sp³-hybridized carbons (Fsp3) is 0.409. The van der Waals surface area contributed by atoms with Gasteiger partial charge in [0.1, 0.15) is 0 Å². The molecule has 0 spiro atoms. The predicted molar refractivity (Wildman–Crippen MR) is 119 cm³/mol. The molecule has 4 rings (SSSR count). The maximum absolute atomic E-state index is 13.1. The summed E-state index contributed by atoms with van der Waals surface area (Å²) < 4.78 is 0. The number of allylic oxidation sites excluding steroid dienone is 3. The fourth-order valence-corrected chi connectivity index (χ4v) is 4.59. The molecule has 3 aliphatic rings. The molecule has 0 unspecified atom stereocenters. The van der Waals surface area contributed by atoms with Crippen molar-refractivity contribution in [3.05, 3.63) is 52.1 Å². The number of amides is 2. The van der Waals surface area contributed by atoms with Crippen LogP contribution in [-0.2, 0) is 11.3 Å². The summed E-state index contributed by atoms with van der Waals surface area (Å²) in [6.07, 6.45) is 7.20. The number of nitrogens with one attached hydrogen (secondary N) is 2. The quantitative estimate of drug-likeness (QED) is 0.699. The smallest absolute Gasteiger partial charge is 0.256 e. The topological polar surface area (TPSA) is 61.4 Å². The first-order valence-electron chi connectivity index (χ1n) is 10.1. The minimum Gasteiger partial charge on any atom is -0.334 e. The van der Waals surface area contributed by atoms with E-state index in [0.717, 1.165) is 31.6 Å². The number of carbonyl (C=O) groups excluding carboxylic acids is 2. The van der Waals surface area contributed by atoms with Crippen LogP contribution in [0.25, 0.3) is 0 Å². The van der Waals surface area contributed by atoms with Crippen LogP contribution in [0.2, 0.25) is 0 Å². The molecule has 2 N–H and O–H groups in total. The summed E-state index contributed by atoms with van der Waals surface area (Å²) in [5, 5.41) is 6.76. The standard InChI is InChI=1S/C22H24ClN3O2S/c23-16-4-5-19(29)17(12-16)21(27)25-18-3-1-2-15-13-26(22(28)20(15)18)11-8-14-6-9-24-10-7-14/h1-4,12,14,24H,5-11,13H2,(H,25,27). The second kappa shape index (κ2) is 8.78. The summed E-state index contributed by atoms with van der Waals surface area (Å²) in [5.41, 5.74) is 2.47. The molecule has 1 aliphatic carbocycles. The highest BCUT2D eigenvalue weighted by atomic mass is 35.5. The van der Waals surface area contributed by atoms with E-state index in [1.54, 1.807) is 18.2 Å². The van der Waals surface area contributed by atoms with E-state index in [4.69, 9.17) is 23.8 Å². The SMILES string of the molecule is O=C(Nc1cccc2c1C(=O)N(CCC1CCNCC1)C2)C1=CC(Cl)=CCC1=S. The zero-order valence-electron chi connectivity index (χ0n) is 16.2. The van der Waals surface area contributed by atoms with Crippen LogP contribution < -0.4 is 10.6 Å². The third kappa shape index (κ3) is 4.44. The molecule has 2 aliphatic heterocycles. The summed E-state index contributed by atoms with van der Waals surface area (Å²) in [7, 11) is 0. The van der Waals surface area contributed by atoms with Crippen LogP contribution >= 0.6 is 23.8 Å². The van der Waals surface area contributed by atoms with E-state index in [1.165, 1.54) is 12.8 Å². The largest absolute Gasteiger partial charge is 0.334 e. The minimum atomic E-state index is -0.324. The van der Waals surface area contributed by atoms with Gasteiger partial charge < -0.3 is 15.5 Å². The van der Waals surface area contributed by atoms with Gasteiger partial charge in [0.05, 0.1) is 16.8 Å². The summed E-state index contributed by atoms with van der Waals surface area (Å²) >= 11 is 11.3. The normalized spacial score (nSPS) is 19.7. The van der Waals surface area contributed by atoms with Gasteiger partial charge in [-0.05, 0) is 56.0 Å². The van der Waals surface area contributed by atoms with E-state index in [0.29, 0.717) is 45.6 Å². The highest BCUT2D eigenvalue weighted by molar-refractivity contribution is 7.81. The molecule has 0 saturated carbocycles. The van der Waals surface area contributed by atoms with Crippen LogP contribution in [-0.4, -0.2) is 41.2 Å². The third-order valence-electron chi connectivity index (χ3n) is 5.84. The first-order valence-corrected chi connectivity index (χ1v) is 10.9. The molecular weight excluding hydrogens is 406 g/mol. The Morgan fingerprint density at radius 3 is 2.90 bits per heavy atom. The maximum Gasteiger partial charge on any atom is 0.256 e. The highest BCUT2D eigenvalue weighted by Crippen LogP contribution is 2.31.